The summed E-state index contributed by atoms with van der Waals surface area (Å²) in [5.74, 6) is 0.562. The van der Waals surface area contributed by atoms with Gasteiger partial charge in [0.05, 0.1) is 6.04 Å². The Hall–Kier alpha value is -2.47. The number of fused-ring (bicyclic) bond motifs is 1. The van der Waals surface area contributed by atoms with E-state index in [0.717, 1.165) is 10.5 Å². The van der Waals surface area contributed by atoms with Gasteiger partial charge in [0.1, 0.15) is 0 Å². The number of carbonyl (C=O) groups excluding carboxylic acids is 1. The van der Waals surface area contributed by atoms with Gasteiger partial charge in [-0.3, -0.25) is 9.20 Å². The van der Waals surface area contributed by atoms with Crippen molar-refractivity contribution in [2.45, 2.75) is 13.0 Å². The van der Waals surface area contributed by atoms with E-state index in [-0.39, 0.29) is 11.9 Å². The maximum absolute atomic E-state index is 11.9. The first kappa shape index (κ1) is 13.5. The van der Waals surface area contributed by atoms with Crippen molar-refractivity contribution in [3.8, 4) is 0 Å². The fourth-order valence-corrected chi connectivity index (χ4v) is 2.64. The second-order valence-corrected chi connectivity index (χ2v) is 5.55. The molecule has 0 spiro atoms. The predicted octanol–water partition coefficient (Wildman–Crippen LogP) is 2.68. The number of rotatable bonds is 4. The van der Waals surface area contributed by atoms with Gasteiger partial charge in [0, 0.05) is 17.2 Å². The Morgan fingerprint density at radius 2 is 2.24 bits per heavy atom. The molecule has 21 heavy (non-hydrogen) atoms. The van der Waals surface area contributed by atoms with Crippen molar-refractivity contribution in [1.82, 2.24) is 19.9 Å². The Morgan fingerprint density at radius 1 is 1.33 bits per heavy atom. The molecule has 106 valence electrons. The number of nitrogens with one attached hydrogen (secondary N) is 1. The van der Waals surface area contributed by atoms with E-state index in [1.165, 1.54) is 6.08 Å². The summed E-state index contributed by atoms with van der Waals surface area (Å²) < 4.78 is 1.87. The molecule has 1 N–H and O–H groups in total. The quantitative estimate of drug-likeness (QED) is 0.753. The number of thiophene rings is 1. The molecule has 3 heterocycles. The third-order valence-electron chi connectivity index (χ3n) is 3.03. The molecule has 5 nitrogen and oxygen atoms in total. The lowest BCUT2D eigenvalue weighted by Crippen LogP contribution is -2.26. The lowest BCUT2D eigenvalue weighted by Gasteiger charge is -2.10. The Bertz CT molecular complexity index is 776. The summed E-state index contributed by atoms with van der Waals surface area (Å²) in [6.07, 6.45) is 5.22. The van der Waals surface area contributed by atoms with Gasteiger partial charge in [-0.2, -0.15) is 0 Å². The molecule has 6 heteroatoms. The van der Waals surface area contributed by atoms with E-state index in [4.69, 9.17) is 0 Å². The molecule has 1 amide bonds. The van der Waals surface area contributed by atoms with Crippen LogP contribution in [0.2, 0.25) is 0 Å². The molecule has 3 aromatic heterocycles. The van der Waals surface area contributed by atoms with E-state index in [1.807, 2.05) is 53.2 Å². The molecule has 0 aromatic carbocycles. The first-order chi connectivity index (χ1) is 10.2. The van der Waals surface area contributed by atoms with Crippen molar-refractivity contribution in [2.24, 2.45) is 0 Å². The van der Waals surface area contributed by atoms with Gasteiger partial charge >= 0.3 is 0 Å². The van der Waals surface area contributed by atoms with Crippen LogP contribution in [0.15, 0.2) is 48.0 Å². The van der Waals surface area contributed by atoms with Gasteiger partial charge < -0.3 is 5.32 Å². The molecule has 3 aromatic rings. The van der Waals surface area contributed by atoms with Crippen molar-refractivity contribution in [3.63, 3.8) is 0 Å². The summed E-state index contributed by atoms with van der Waals surface area (Å²) >= 11 is 1.59. The van der Waals surface area contributed by atoms with Gasteiger partial charge in [-0.15, -0.1) is 21.5 Å². The zero-order valence-corrected chi connectivity index (χ0v) is 12.2. The molecule has 0 unspecified atom stereocenters. The Labute approximate surface area is 126 Å². The van der Waals surface area contributed by atoms with E-state index in [1.54, 1.807) is 17.4 Å². The van der Waals surface area contributed by atoms with Crippen molar-refractivity contribution < 1.29 is 4.79 Å². The van der Waals surface area contributed by atoms with Crippen LogP contribution in [0.1, 0.15) is 23.7 Å². The summed E-state index contributed by atoms with van der Waals surface area (Å²) in [6.45, 7) is 1.89. The number of pyridine rings is 1. The van der Waals surface area contributed by atoms with Gasteiger partial charge in [-0.1, -0.05) is 12.1 Å². The van der Waals surface area contributed by atoms with Crippen LogP contribution in [-0.4, -0.2) is 20.5 Å². The average molecular weight is 298 g/mol. The number of nitrogens with zero attached hydrogens (tertiary/aromatic N) is 3. The lowest BCUT2D eigenvalue weighted by molar-refractivity contribution is -0.117. The highest BCUT2D eigenvalue weighted by Gasteiger charge is 2.14. The molecular weight excluding hydrogens is 284 g/mol. The van der Waals surface area contributed by atoms with Crippen LogP contribution in [0.4, 0.5) is 0 Å². The highest BCUT2D eigenvalue weighted by molar-refractivity contribution is 7.10. The molecule has 0 aliphatic rings. The van der Waals surface area contributed by atoms with Gasteiger partial charge in [-0.05, 0) is 36.6 Å². The van der Waals surface area contributed by atoms with Crippen LogP contribution < -0.4 is 5.32 Å². The normalized spacial score (nSPS) is 12.8. The fraction of sp³-hybridized carbons (Fsp3) is 0.133. The Morgan fingerprint density at radius 3 is 3.05 bits per heavy atom. The molecule has 3 rings (SSSR count). The molecule has 0 fully saturated rings. The van der Waals surface area contributed by atoms with Gasteiger partial charge in [0.25, 0.3) is 0 Å². The minimum atomic E-state index is -0.220. The highest BCUT2D eigenvalue weighted by Crippen LogP contribution is 2.12. The molecule has 0 saturated heterocycles. The largest absolute Gasteiger partial charge is 0.343 e. The first-order valence-corrected chi connectivity index (χ1v) is 7.44. The number of amides is 1. The third kappa shape index (κ3) is 3.00. The molecular formula is C15H14N4OS. The van der Waals surface area contributed by atoms with E-state index in [2.05, 4.69) is 15.5 Å². The van der Waals surface area contributed by atoms with Gasteiger partial charge in [0.15, 0.2) is 11.5 Å². The van der Waals surface area contributed by atoms with E-state index in [9.17, 15) is 4.79 Å². The standard InChI is InChI=1S/C15H14N4OS/c1-11(15-18-17-13-6-2-3-9-19(13)15)16-14(20)8-7-12-5-4-10-21-12/h2-11H,1H3,(H,16,20)/b8-7+/t11-/m1/s1. The zero-order valence-electron chi connectivity index (χ0n) is 11.4. The van der Waals surface area contributed by atoms with Crippen LogP contribution >= 0.6 is 11.3 Å². The Balaban J connectivity index is 1.71. The summed E-state index contributed by atoms with van der Waals surface area (Å²) in [6, 6.07) is 9.38. The number of carbonyl (C=O) groups is 1. The lowest BCUT2D eigenvalue weighted by atomic mass is 10.3. The smallest absolute Gasteiger partial charge is 0.244 e. The maximum Gasteiger partial charge on any atom is 0.244 e. The number of aromatic nitrogens is 3. The minimum absolute atomic E-state index is 0.149. The van der Waals surface area contributed by atoms with Crippen molar-refractivity contribution >= 4 is 29.0 Å². The van der Waals surface area contributed by atoms with Crippen LogP contribution in [0, 0.1) is 0 Å². The third-order valence-corrected chi connectivity index (χ3v) is 3.87. The Kier molecular flexibility index (Phi) is 3.79. The molecule has 0 radical (unpaired) electrons. The number of hydrogen-bond acceptors (Lipinski definition) is 4. The second kappa shape index (κ2) is 5.88. The number of hydrogen-bond donors (Lipinski definition) is 1. The topological polar surface area (TPSA) is 59.3 Å². The van der Waals surface area contributed by atoms with Crippen LogP contribution in [0.3, 0.4) is 0 Å². The van der Waals surface area contributed by atoms with Gasteiger partial charge in [0.2, 0.25) is 5.91 Å². The van der Waals surface area contributed by atoms with Crippen molar-refractivity contribution in [2.75, 3.05) is 0 Å². The highest BCUT2D eigenvalue weighted by atomic mass is 32.1. The molecule has 1 atom stereocenters. The average Bonchev–Trinajstić information content (AvgIpc) is 3.14. The van der Waals surface area contributed by atoms with Crippen LogP contribution in [0.25, 0.3) is 11.7 Å². The van der Waals surface area contributed by atoms with Gasteiger partial charge in [-0.25, -0.2) is 0 Å². The van der Waals surface area contributed by atoms with Crippen molar-refractivity contribution in [3.05, 3.63) is 58.7 Å². The molecule has 0 aliphatic heterocycles. The molecule has 0 saturated carbocycles. The molecule has 0 aliphatic carbocycles. The SMILES string of the molecule is C[C@@H](NC(=O)/C=C/c1cccs1)c1nnc2ccccn12. The fourth-order valence-electron chi connectivity index (χ4n) is 2.03. The van der Waals surface area contributed by atoms with E-state index in [0.29, 0.717) is 5.82 Å². The summed E-state index contributed by atoms with van der Waals surface area (Å²) in [7, 11) is 0. The van der Waals surface area contributed by atoms with E-state index >= 15 is 0 Å². The monoisotopic (exact) mass is 298 g/mol. The maximum atomic E-state index is 11.9. The predicted molar refractivity (Wildman–Crippen MR) is 82.9 cm³/mol. The first-order valence-electron chi connectivity index (χ1n) is 6.56. The zero-order chi connectivity index (χ0) is 14.7. The van der Waals surface area contributed by atoms with Crippen LogP contribution in [-0.2, 0) is 4.79 Å². The summed E-state index contributed by atoms with van der Waals surface area (Å²) in [4.78, 5) is 13.0. The summed E-state index contributed by atoms with van der Waals surface area (Å²) in [5.41, 5.74) is 0.766. The second-order valence-electron chi connectivity index (χ2n) is 4.57. The molecule has 0 bridgehead atoms. The summed E-state index contributed by atoms with van der Waals surface area (Å²) in [5, 5.41) is 13.1. The van der Waals surface area contributed by atoms with Crippen LogP contribution in [0.5, 0.6) is 0 Å². The minimum Gasteiger partial charge on any atom is -0.343 e. The van der Waals surface area contributed by atoms with Crippen molar-refractivity contribution in [1.29, 1.82) is 0 Å². The van der Waals surface area contributed by atoms with E-state index < -0.39 is 0 Å².